The van der Waals surface area contributed by atoms with E-state index in [1.165, 1.54) is 19.3 Å². The quantitative estimate of drug-likeness (QED) is 0.603. The summed E-state index contributed by atoms with van der Waals surface area (Å²) in [6, 6.07) is 0.340. The van der Waals surface area contributed by atoms with Crippen molar-refractivity contribution in [2.24, 2.45) is 29.1 Å². The number of hydrogen-bond acceptors (Lipinski definition) is 4. The molecule has 4 bridgehead atoms. The largest absolute Gasteiger partial charge is 0.379 e. The summed E-state index contributed by atoms with van der Waals surface area (Å²) in [4.78, 5) is 28.1. The predicted octanol–water partition coefficient (Wildman–Crippen LogP) is 2.57. The normalized spacial score (nSPS) is 34.2. The topological polar surface area (TPSA) is 70.7 Å². The number of carbonyl (C=O) groups is 2. The van der Waals surface area contributed by atoms with E-state index in [1.807, 2.05) is 0 Å². The molecular formula is C24H41N3O3. The van der Waals surface area contributed by atoms with Gasteiger partial charge < -0.3 is 15.4 Å². The van der Waals surface area contributed by atoms with Gasteiger partial charge >= 0.3 is 0 Å². The predicted molar refractivity (Wildman–Crippen MR) is 117 cm³/mol. The summed E-state index contributed by atoms with van der Waals surface area (Å²) in [5, 5.41) is 6.14. The van der Waals surface area contributed by atoms with Crippen molar-refractivity contribution in [2.45, 2.75) is 71.3 Å². The third kappa shape index (κ3) is 4.69. The highest BCUT2D eigenvalue weighted by atomic mass is 16.5. The Labute approximate surface area is 181 Å². The van der Waals surface area contributed by atoms with Crippen LogP contribution in [0.3, 0.4) is 0 Å². The lowest BCUT2D eigenvalue weighted by atomic mass is 9.49. The fraction of sp³-hybridized carbons (Fsp3) is 0.917. The van der Waals surface area contributed by atoms with Crippen LogP contribution in [0.25, 0.3) is 0 Å². The molecule has 4 aliphatic carbocycles. The molecular weight excluding hydrogens is 378 g/mol. The number of amides is 2. The molecule has 6 heteroatoms. The lowest BCUT2D eigenvalue weighted by Gasteiger charge is -2.55. The lowest BCUT2D eigenvalue weighted by molar-refractivity contribution is -0.147. The summed E-state index contributed by atoms with van der Waals surface area (Å²) < 4.78 is 5.51. The van der Waals surface area contributed by atoms with Crippen molar-refractivity contribution in [3.8, 4) is 0 Å². The molecule has 0 aromatic carbocycles. The van der Waals surface area contributed by atoms with Crippen LogP contribution in [-0.2, 0) is 14.3 Å². The van der Waals surface area contributed by atoms with Gasteiger partial charge in [-0.1, -0.05) is 26.7 Å². The lowest BCUT2D eigenvalue weighted by Crippen LogP contribution is -2.55. The zero-order valence-electron chi connectivity index (χ0n) is 19.0. The Morgan fingerprint density at radius 2 is 1.53 bits per heavy atom. The minimum absolute atomic E-state index is 0.0581. The summed E-state index contributed by atoms with van der Waals surface area (Å²) in [6.45, 7) is 8.62. The molecule has 0 aromatic heterocycles. The summed E-state index contributed by atoms with van der Waals surface area (Å²) in [5.74, 6) is 2.86. The molecule has 5 aliphatic rings. The van der Waals surface area contributed by atoms with Crippen LogP contribution in [-0.4, -0.2) is 62.1 Å². The highest BCUT2D eigenvalue weighted by Gasteiger charge is 2.54. The van der Waals surface area contributed by atoms with E-state index >= 15 is 0 Å². The van der Waals surface area contributed by atoms with Gasteiger partial charge in [-0.05, 0) is 62.2 Å². The maximum absolute atomic E-state index is 13.1. The van der Waals surface area contributed by atoms with Gasteiger partial charge in [0, 0.05) is 31.1 Å². The minimum Gasteiger partial charge on any atom is -0.379 e. The molecule has 5 rings (SSSR count). The Bertz CT molecular complexity index is 578. The van der Waals surface area contributed by atoms with Crippen LogP contribution in [0.2, 0.25) is 0 Å². The van der Waals surface area contributed by atoms with Gasteiger partial charge in [-0.2, -0.15) is 0 Å². The van der Waals surface area contributed by atoms with Gasteiger partial charge in [-0.3, -0.25) is 14.5 Å². The number of rotatable bonds is 9. The number of nitrogens with one attached hydrogen (secondary N) is 2. The van der Waals surface area contributed by atoms with Crippen LogP contribution in [0.15, 0.2) is 0 Å². The fourth-order valence-electron chi connectivity index (χ4n) is 7.35. The van der Waals surface area contributed by atoms with Gasteiger partial charge in [-0.25, -0.2) is 0 Å². The van der Waals surface area contributed by atoms with Crippen LogP contribution in [0, 0.1) is 29.1 Å². The monoisotopic (exact) mass is 419 g/mol. The Morgan fingerprint density at radius 1 is 0.967 bits per heavy atom. The van der Waals surface area contributed by atoms with Crippen LogP contribution >= 0.6 is 0 Å². The van der Waals surface area contributed by atoms with E-state index in [2.05, 4.69) is 29.4 Å². The summed E-state index contributed by atoms with van der Waals surface area (Å²) >= 11 is 0. The van der Waals surface area contributed by atoms with E-state index in [0.29, 0.717) is 18.5 Å². The van der Waals surface area contributed by atoms with Gasteiger partial charge in [0.15, 0.2) is 0 Å². The smallest absolute Gasteiger partial charge is 0.239 e. The standard InChI is InChI=1S/C24H41N3O3/c1-3-20(4-2)21(27-5-7-30-8-6-27)15-25-22(28)16-26-23(29)24-12-17-9-18(13-24)11-19(10-17)14-24/h17-21H,3-16H2,1-2H3,(H,25,28)(H,26,29). The van der Waals surface area contributed by atoms with Crippen molar-refractivity contribution < 1.29 is 14.3 Å². The van der Waals surface area contributed by atoms with Gasteiger partial charge in [0.1, 0.15) is 0 Å². The number of morpholine rings is 1. The first kappa shape index (κ1) is 22.1. The number of hydrogen-bond donors (Lipinski definition) is 2. The van der Waals surface area contributed by atoms with E-state index in [0.717, 1.165) is 76.2 Å². The molecule has 2 amide bonds. The van der Waals surface area contributed by atoms with E-state index in [-0.39, 0.29) is 23.8 Å². The molecule has 1 unspecified atom stereocenters. The Kier molecular flexibility index (Phi) is 7.03. The van der Waals surface area contributed by atoms with Gasteiger partial charge in [-0.15, -0.1) is 0 Å². The highest BCUT2D eigenvalue weighted by Crippen LogP contribution is 2.60. The second kappa shape index (κ2) is 9.56. The minimum atomic E-state index is -0.180. The zero-order valence-corrected chi connectivity index (χ0v) is 19.0. The zero-order chi connectivity index (χ0) is 21.1. The third-order valence-electron chi connectivity index (χ3n) is 8.55. The van der Waals surface area contributed by atoms with Crippen LogP contribution in [0.1, 0.15) is 65.2 Å². The third-order valence-corrected chi connectivity index (χ3v) is 8.55. The number of carbonyl (C=O) groups excluding carboxylic acids is 2. The Morgan fingerprint density at radius 3 is 2.07 bits per heavy atom. The summed E-state index contributed by atoms with van der Waals surface area (Å²) in [5.41, 5.74) is -0.180. The van der Waals surface area contributed by atoms with Crippen LogP contribution in [0.5, 0.6) is 0 Å². The first-order valence-corrected chi connectivity index (χ1v) is 12.4. The molecule has 1 saturated heterocycles. The van der Waals surface area contributed by atoms with E-state index in [1.54, 1.807) is 0 Å². The highest BCUT2D eigenvalue weighted by molar-refractivity contribution is 5.88. The average molecular weight is 420 g/mol. The molecule has 0 aromatic rings. The molecule has 0 radical (unpaired) electrons. The van der Waals surface area contributed by atoms with Gasteiger partial charge in [0.25, 0.3) is 0 Å². The maximum Gasteiger partial charge on any atom is 0.239 e. The van der Waals surface area contributed by atoms with Crippen molar-refractivity contribution in [1.29, 1.82) is 0 Å². The molecule has 1 heterocycles. The van der Waals surface area contributed by atoms with Crippen molar-refractivity contribution >= 4 is 11.8 Å². The molecule has 1 atom stereocenters. The van der Waals surface area contributed by atoms with Gasteiger partial charge in [0.05, 0.1) is 19.8 Å². The molecule has 0 spiro atoms. The maximum atomic E-state index is 13.1. The van der Waals surface area contributed by atoms with E-state index in [9.17, 15) is 9.59 Å². The second-order valence-electron chi connectivity index (χ2n) is 10.5. The van der Waals surface area contributed by atoms with Crippen molar-refractivity contribution in [2.75, 3.05) is 39.4 Å². The van der Waals surface area contributed by atoms with Gasteiger partial charge in [0.2, 0.25) is 11.8 Å². The molecule has 30 heavy (non-hydrogen) atoms. The SMILES string of the molecule is CCC(CC)C(CNC(=O)CNC(=O)C12CC3CC(CC(C3)C1)C2)N1CCOCC1. The molecule has 6 nitrogen and oxygen atoms in total. The Hall–Kier alpha value is -1.14. The van der Waals surface area contributed by atoms with Crippen molar-refractivity contribution in [3.05, 3.63) is 0 Å². The van der Waals surface area contributed by atoms with Crippen molar-refractivity contribution in [3.63, 3.8) is 0 Å². The fourth-order valence-corrected chi connectivity index (χ4v) is 7.35. The summed E-state index contributed by atoms with van der Waals surface area (Å²) in [7, 11) is 0. The number of nitrogens with zero attached hydrogens (tertiary/aromatic N) is 1. The summed E-state index contributed by atoms with van der Waals surface area (Å²) in [6.07, 6.45) is 9.32. The Balaban J connectivity index is 1.27. The molecule has 1 aliphatic heterocycles. The molecule has 170 valence electrons. The van der Waals surface area contributed by atoms with E-state index < -0.39 is 0 Å². The first-order valence-electron chi connectivity index (χ1n) is 12.4. The van der Waals surface area contributed by atoms with Crippen molar-refractivity contribution in [1.82, 2.24) is 15.5 Å². The average Bonchev–Trinajstić information content (AvgIpc) is 2.74. The van der Waals surface area contributed by atoms with Crippen LogP contribution in [0.4, 0.5) is 0 Å². The van der Waals surface area contributed by atoms with Crippen LogP contribution < -0.4 is 10.6 Å². The molecule has 5 fully saturated rings. The first-order chi connectivity index (χ1) is 14.5. The molecule has 4 saturated carbocycles. The number of ether oxygens (including phenoxy) is 1. The second-order valence-corrected chi connectivity index (χ2v) is 10.5. The molecule has 2 N–H and O–H groups in total. The van der Waals surface area contributed by atoms with E-state index in [4.69, 9.17) is 4.74 Å².